The summed E-state index contributed by atoms with van der Waals surface area (Å²) in [6, 6.07) is 5.69. The molecular formula is C14H19ClN2O. The van der Waals surface area contributed by atoms with Crippen molar-refractivity contribution in [1.29, 1.82) is 0 Å². The molecule has 2 N–H and O–H groups in total. The molecule has 0 aromatic heterocycles. The first-order valence-electron chi connectivity index (χ1n) is 6.27. The number of nitrogens with zero attached hydrogens (tertiary/aromatic N) is 1. The Kier molecular flexibility index (Phi) is 4.64. The van der Waals surface area contributed by atoms with Crippen molar-refractivity contribution in [3.63, 3.8) is 0 Å². The summed E-state index contributed by atoms with van der Waals surface area (Å²) in [4.78, 5) is 2.36. The zero-order valence-corrected chi connectivity index (χ0v) is 11.2. The standard InChI is InChI=1S/C14H19ClN2O/c1-2-4-13(17-9-7-16-8-10-17)11-5-3-6-12(15)14(11)18/h2-3,5-6,13,16,18H,1,4,7-10H2/t13-/m1/s1. The Morgan fingerprint density at radius 2 is 2.17 bits per heavy atom. The first-order chi connectivity index (χ1) is 8.74. The van der Waals surface area contributed by atoms with Gasteiger partial charge in [0.2, 0.25) is 0 Å². The van der Waals surface area contributed by atoms with Gasteiger partial charge >= 0.3 is 0 Å². The number of phenolic OH excluding ortho intramolecular Hbond substituents is 1. The number of benzene rings is 1. The third-order valence-electron chi connectivity index (χ3n) is 3.36. The zero-order chi connectivity index (χ0) is 13.0. The highest BCUT2D eigenvalue weighted by molar-refractivity contribution is 6.32. The molecule has 1 saturated heterocycles. The number of rotatable bonds is 4. The van der Waals surface area contributed by atoms with E-state index in [9.17, 15) is 5.11 Å². The highest BCUT2D eigenvalue weighted by atomic mass is 35.5. The van der Waals surface area contributed by atoms with Crippen LogP contribution in [0.1, 0.15) is 18.0 Å². The Labute approximate surface area is 113 Å². The second-order valence-corrected chi connectivity index (χ2v) is 4.91. The van der Waals surface area contributed by atoms with Gasteiger partial charge < -0.3 is 10.4 Å². The third kappa shape index (κ3) is 2.86. The van der Waals surface area contributed by atoms with E-state index in [1.165, 1.54) is 0 Å². The summed E-state index contributed by atoms with van der Waals surface area (Å²) in [7, 11) is 0. The van der Waals surface area contributed by atoms with Gasteiger partial charge in [0.15, 0.2) is 0 Å². The molecule has 1 aliphatic rings. The van der Waals surface area contributed by atoms with E-state index in [2.05, 4.69) is 16.8 Å². The molecule has 1 atom stereocenters. The van der Waals surface area contributed by atoms with Crippen molar-refractivity contribution < 1.29 is 5.11 Å². The molecule has 0 unspecified atom stereocenters. The van der Waals surface area contributed by atoms with Crippen molar-refractivity contribution in [3.8, 4) is 5.75 Å². The topological polar surface area (TPSA) is 35.5 Å². The minimum atomic E-state index is 0.156. The van der Waals surface area contributed by atoms with Crippen LogP contribution in [-0.4, -0.2) is 36.2 Å². The van der Waals surface area contributed by atoms with Gasteiger partial charge in [-0.2, -0.15) is 0 Å². The van der Waals surface area contributed by atoms with Gasteiger partial charge in [-0.15, -0.1) is 6.58 Å². The number of nitrogens with one attached hydrogen (secondary N) is 1. The molecule has 0 spiro atoms. The minimum absolute atomic E-state index is 0.156. The fourth-order valence-corrected chi connectivity index (χ4v) is 2.61. The van der Waals surface area contributed by atoms with Gasteiger partial charge in [-0.1, -0.05) is 29.8 Å². The lowest BCUT2D eigenvalue weighted by molar-refractivity contribution is 0.172. The molecular weight excluding hydrogens is 248 g/mol. The van der Waals surface area contributed by atoms with E-state index in [1.54, 1.807) is 6.07 Å². The summed E-state index contributed by atoms with van der Waals surface area (Å²) in [5.41, 5.74) is 0.893. The smallest absolute Gasteiger partial charge is 0.138 e. The number of aromatic hydroxyl groups is 1. The molecule has 1 aliphatic heterocycles. The molecule has 1 aromatic rings. The van der Waals surface area contributed by atoms with Crippen molar-refractivity contribution in [1.82, 2.24) is 10.2 Å². The van der Waals surface area contributed by atoms with Crippen LogP contribution >= 0.6 is 11.6 Å². The lowest BCUT2D eigenvalue weighted by Crippen LogP contribution is -2.45. The number of halogens is 1. The monoisotopic (exact) mass is 266 g/mol. The van der Waals surface area contributed by atoms with E-state index in [1.807, 2.05) is 18.2 Å². The van der Waals surface area contributed by atoms with Crippen LogP contribution in [0.3, 0.4) is 0 Å². The van der Waals surface area contributed by atoms with E-state index in [4.69, 9.17) is 11.6 Å². The van der Waals surface area contributed by atoms with Crippen molar-refractivity contribution >= 4 is 11.6 Å². The lowest BCUT2D eigenvalue weighted by atomic mass is 10.00. The molecule has 0 amide bonds. The molecule has 0 radical (unpaired) electrons. The predicted molar refractivity (Wildman–Crippen MR) is 75.1 cm³/mol. The van der Waals surface area contributed by atoms with Gasteiger partial charge in [-0.25, -0.2) is 0 Å². The Morgan fingerprint density at radius 3 is 2.83 bits per heavy atom. The Morgan fingerprint density at radius 1 is 1.44 bits per heavy atom. The highest BCUT2D eigenvalue weighted by Crippen LogP contribution is 2.36. The van der Waals surface area contributed by atoms with Crippen LogP contribution in [0, 0.1) is 0 Å². The molecule has 2 rings (SSSR count). The highest BCUT2D eigenvalue weighted by Gasteiger charge is 2.23. The molecule has 98 valence electrons. The van der Waals surface area contributed by atoms with Crippen LogP contribution in [0.2, 0.25) is 5.02 Å². The molecule has 0 saturated carbocycles. The maximum absolute atomic E-state index is 10.1. The van der Waals surface area contributed by atoms with Gasteiger partial charge in [0.05, 0.1) is 5.02 Å². The lowest BCUT2D eigenvalue weighted by Gasteiger charge is -2.35. The summed E-state index contributed by atoms with van der Waals surface area (Å²) in [5.74, 6) is 0.199. The summed E-state index contributed by atoms with van der Waals surface area (Å²) in [6.45, 7) is 7.73. The van der Waals surface area contributed by atoms with E-state index in [0.717, 1.165) is 38.2 Å². The molecule has 4 heteroatoms. The molecule has 0 aliphatic carbocycles. The molecule has 0 bridgehead atoms. The average molecular weight is 267 g/mol. The maximum Gasteiger partial charge on any atom is 0.138 e. The van der Waals surface area contributed by atoms with Gasteiger partial charge in [-0.3, -0.25) is 4.90 Å². The zero-order valence-electron chi connectivity index (χ0n) is 10.4. The first-order valence-corrected chi connectivity index (χ1v) is 6.65. The quantitative estimate of drug-likeness (QED) is 0.823. The minimum Gasteiger partial charge on any atom is -0.506 e. The number of para-hydroxylation sites is 1. The fourth-order valence-electron chi connectivity index (χ4n) is 2.43. The van der Waals surface area contributed by atoms with E-state index in [0.29, 0.717) is 5.02 Å². The number of phenols is 1. The molecule has 1 heterocycles. The predicted octanol–water partition coefficient (Wildman–Crippen LogP) is 2.57. The molecule has 3 nitrogen and oxygen atoms in total. The summed E-state index contributed by atoms with van der Waals surface area (Å²) >= 11 is 5.99. The SMILES string of the molecule is C=CC[C@H](c1cccc(Cl)c1O)N1CCNCC1. The Bertz CT molecular complexity index is 416. The summed E-state index contributed by atoms with van der Waals surface area (Å²) < 4.78 is 0. The van der Waals surface area contributed by atoms with Crippen LogP contribution in [0.15, 0.2) is 30.9 Å². The van der Waals surface area contributed by atoms with Crippen LogP contribution in [-0.2, 0) is 0 Å². The van der Waals surface area contributed by atoms with Crippen molar-refractivity contribution in [2.75, 3.05) is 26.2 Å². The van der Waals surface area contributed by atoms with E-state index >= 15 is 0 Å². The number of hydrogen-bond donors (Lipinski definition) is 2. The second-order valence-electron chi connectivity index (χ2n) is 4.50. The first kappa shape index (κ1) is 13.4. The van der Waals surface area contributed by atoms with Crippen molar-refractivity contribution in [3.05, 3.63) is 41.4 Å². The maximum atomic E-state index is 10.1. The van der Waals surface area contributed by atoms with E-state index < -0.39 is 0 Å². The third-order valence-corrected chi connectivity index (χ3v) is 3.66. The van der Waals surface area contributed by atoms with Crippen LogP contribution in [0.4, 0.5) is 0 Å². The number of hydrogen-bond acceptors (Lipinski definition) is 3. The Hall–Kier alpha value is -1.03. The van der Waals surface area contributed by atoms with Gasteiger partial charge in [0.25, 0.3) is 0 Å². The molecule has 1 aromatic carbocycles. The number of piperazine rings is 1. The molecule has 1 fully saturated rings. The average Bonchev–Trinajstić information content (AvgIpc) is 2.41. The van der Waals surface area contributed by atoms with Gasteiger partial charge in [-0.05, 0) is 12.5 Å². The summed E-state index contributed by atoms with van der Waals surface area (Å²) in [6.07, 6.45) is 2.71. The normalized spacial score (nSPS) is 18.5. The van der Waals surface area contributed by atoms with Crippen LogP contribution in [0.25, 0.3) is 0 Å². The fraction of sp³-hybridized carbons (Fsp3) is 0.429. The largest absolute Gasteiger partial charge is 0.506 e. The molecule has 18 heavy (non-hydrogen) atoms. The van der Waals surface area contributed by atoms with Gasteiger partial charge in [0, 0.05) is 37.8 Å². The second kappa shape index (κ2) is 6.23. The van der Waals surface area contributed by atoms with Crippen LogP contribution in [0.5, 0.6) is 5.75 Å². The van der Waals surface area contributed by atoms with Gasteiger partial charge in [0.1, 0.15) is 5.75 Å². The van der Waals surface area contributed by atoms with Crippen molar-refractivity contribution in [2.24, 2.45) is 0 Å². The van der Waals surface area contributed by atoms with Crippen LogP contribution < -0.4 is 5.32 Å². The van der Waals surface area contributed by atoms with E-state index in [-0.39, 0.29) is 11.8 Å². The Balaban J connectivity index is 2.28. The summed E-state index contributed by atoms with van der Waals surface area (Å²) in [5, 5.41) is 13.9. The van der Waals surface area contributed by atoms with Crippen molar-refractivity contribution in [2.45, 2.75) is 12.5 Å².